The molecule has 0 bridgehead atoms. The van der Waals surface area contributed by atoms with Gasteiger partial charge in [-0.05, 0) is 49.4 Å². The van der Waals surface area contributed by atoms with Gasteiger partial charge in [-0.15, -0.1) is 0 Å². The smallest absolute Gasteiger partial charge is 0.255 e. The van der Waals surface area contributed by atoms with Gasteiger partial charge < -0.3 is 10.2 Å². The van der Waals surface area contributed by atoms with E-state index in [1.807, 2.05) is 0 Å². The largest absolute Gasteiger partial charge is 0.338 e. The van der Waals surface area contributed by atoms with Gasteiger partial charge in [0.25, 0.3) is 11.8 Å². The first-order valence-corrected chi connectivity index (χ1v) is 11.1. The highest BCUT2D eigenvalue weighted by molar-refractivity contribution is 7.90. The van der Waals surface area contributed by atoms with E-state index in [4.69, 9.17) is 23.2 Å². The van der Waals surface area contributed by atoms with Crippen LogP contribution in [-0.2, 0) is 9.84 Å². The summed E-state index contributed by atoms with van der Waals surface area (Å²) in [5.74, 6) is -0.816. The average Bonchev–Trinajstić information content (AvgIpc) is 2.58. The van der Waals surface area contributed by atoms with Crippen LogP contribution in [-0.4, -0.2) is 50.2 Å². The summed E-state index contributed by atoms with van der Waals surface area (Å²) in [6, 6.07) is 10.4. The molecule has 0 aliphatic rings. The molecule has 0 radical (unpaired) electrons. The van der Waals surface area contributed by atoms with Gasteiger partial charge in [0, 0.05) is 46.2 Å². The zero-order valence-corrected chi connectivity index (χ0v) is 17.9. The van der Waals surface area contributed by atoms with Crippen LogP contribution in [0.15, 0.2) is 42.5 Å². The summed E-state index contributed by atoms with van der Waals surface area (Å²) in [6.45, 7) is 1.67. The van der Waals surface area contributed by atoms with Gasteiger partial charge >= 0.3 is 0 Å². The molecule has 28 heavy (non-hydrogen) atoms. The second kappa shape index (κ2) is 8.94. The Balaban J connectivity index is 2.08. The zero-order valence-electron chi connectivity index (χ0n) is 15.6. The molecule has 9 heteroatoms. The first-order valence-electron chi connectivity index (χ1n) is 8.28. The maximum atomic E-state index is 12.5. The number of carbonyl (C=O) groups is 2. The molecular weight excluding hydrogens is 423 g/mol. The zero-order chi connectivity index (χ0) is 21.1. The van der Waals surface area contributed by atoms with Crippen LogP contribution in [0, 0.1) is 0 Å². The summed E-state index contributed by atoms with van der Waals surface area (Å²) in [5, 5.41) is 3.40. The highest BCUT2D eigenvalue weighted by Crippen LogP contribution is 2.20. The number of hydrogen-bond acceptors (Lipinski definition) is 4. The van der Waals surface area contributed by atoms with Crippen LogP contribution >= 0.6 is 23.2 Å². The molecule has 150 valence electrons. The molecule has 0 aromatic heterocycles. The quantitative estimate of drug-likeness (QED) is 0.737. The summed E-state index contributed by atoms with van der Waals surface area (Å²) >= 11 is 11.8. The lowest BCUT2D eigenvalue weighted by Crippen LogP contribution is -2.39. The van der Waals surface area contributed by atoms with E-state index < -0.39 is 15.9 Å². The number of anilines is 1. The number of nitrogens with zero attached hydrogens (tertiary/aromatic N) is 1. The van der Waals surface area contributed by atoms with E-state index in [9.17, 15) is 18.0 Å². The number of sulfone groups is 1. The topological polar surface area (TPSA) is 83.6 Å². The van der Waals surface area contributed by atoms with Crippen LogP contribution in [0.5, 0.6) is 0 Å². The van der Waals surface area contributed by atoms with Gasteiger partial charge in [0.1, 0.15) is 9.84 Å². The van der Waals surface area contributed by atoms with Crippen molar-refractivity contribution in [3.05, 3.63) is 63.6 Å². The molecule has 6 nitrogen and oxygen atoms in total. The molecule has 0 saturated carbocycles. The van der Waals surface area contributed by atoms with Crippen LogP contribution < -0.4 is 5.32 Å². The lowest BCUT2D eigenvalue weighted by atomic mass is 10.1. The Bertz CT molecular complexity index is 971. The number of halogens is 2. The molecule has 0 aliphatic carbocycles. The van der Waals surface area contributed by atoms with Crippen molar-refractivity contribution in [3.63, 3.8) is 0 Å². The van der Waals surface area contributed by atoms with E-state index in [-0.39, 0.29) is 17.6 Å². The molecule has 1 N–H and O–H groups in total. The van der Waals surface area contributed by atoms with Crippen molar-refractivity contribution in [3.8, 4) is 0 Å². The molecule has 0 fully saturated rings. The van der Waals surface area contributed by atoms with Crippen molar-refractivity contribution >= 4 is 50.5 Å². The number of benzene rings is 2. The first-order chi connectivity index (χ1) is 13.0. The maximum Gasteiger partial charge on any atom is 0.255 e. The van der Waals surface area contributed by atoms with Gasteiger partial charge in [0.05, 0.1) is 5.75 Å². The molecule has 0 aliphatic heterocycles. The lowest BCUT2D eigenvalue weighted by molar-refractivity contribution is 0.0756. The van der Waals surface area contributed by atoms with E-state index in [0.29, 0.717) is 26.9 Å². The Morgan fingerprint density at radius 1 is 1.04 bits per heavy atom. The summed E-state index contributed by atoms with van der Waals surface area (Å²) in [4.78, 5) is 26.2. The Hall–Kier alpha value is -2.09. The van der Waals surface area contributed by atoms with Crippen LogP contribution in [0.4, 0.5) is 5.69 Å². The molecule has 2 amide bonds. The van der Waals surface area contributed by atoms with Crippen LogP contribution in [0.1, 0.15) is 27.6 Å². The Morgan fingerprint density at radius 2 is 1.57 bits per heavy atom. The van der Waals surface area contributed by atoms with Gasteiger partial charge in [-0.3, -0.25) is 9.59 Å². The third kappa shape index (κ3) is 6.22. The number of nitrogens with one attached hydrogen (secondary N) is 1. The van der Waals surface area contributed by atoms with Crippen LogP contribution in [0.2, 0.25) is 10.0 Å². The third-order valence-corrected chi connectivity index (χ3v) is 5.56. The van der Waals surface area contributed by atoms with Crippen molar-refractivity contribution in [2.45, 2.75) is 13.0 Å². The minimum atomic E-state index is -3.20. The monoisotopic (exact) mass is 442 g/mol. The van der Waals surface area contributed by atoms with Gasteiger partial charge in [-0.2, -0.15) is 0 Å². The van der Waals surface area contributed by atoms with Crippen LogP contribution in [0.3, 0.4) is 0 Å². The average molecular weight is 443 g/mol. The summed E-state index contributed by atoms with van der Waals surface area (Å²) < 4.78 is 22.8. The molecule has 0 heterocycles. The second-order valence-electron chi connectivity index (χ2n) is 6.55. The summed E-state index contributed by atoms with van der Waals surface area (Å²) in [5.41, 5.74) is 1.18. The van der Waals surface area contributed by atoms with Crippen molar-refractivity contribution in [1.82, 2.24) is 4.90 Å². The SMILES string of the molecule is CC(CS(C)(=O)=O)N(C)C(=O)c1ccc(NC(=O)c2cc(Cl)cc(Cl)c2)cc1. The fraction of sp³-hybridized carbons (Fsp3) is 0.263. The number of carbonyl (C=O) groups excluding carboxylic acids is 2. The normalized spacial score (nSPS) is 12.3. The fourth-order valence-electron chi connectivity index (χ4n) is 2.54. The minimum Gasteiger partial charge on any atom is -0.338 e. The Kier molecular flexibility index (Phi) is 7.09. The van der Waals surface area contributed by atoms with Crippen molar-refractivity contribution in [2.75, 3.05) is 24.4 Å². The van der Waals surface area contributed by atoms with Crippen molar-refractivity contribution in [2.24, 2.45) is 0 Å². The van der Waals surface area contributed by atoms with Gasteiger partial charge in [-0.1, -0.05) is 23.2 Å². The molecule has 0 saturated heterocycles. The van der Waals surface area contributed by atoms with E-state index in [2.05, 4.69) is 5.32 Å². The van der Waals surface area contributed by atoms with Crippen LogP contribution in [0.25, 0.3) is 0 Å². The Labute approximate surface area is 174 Å². The highest BCUT2D eigenvalue weighted by Gasteiger charge is 2.21. The highest BCUT2D eigenvalue weighted by atomic mass is 35.5. The predicted molar refractivity (Wildman–Crippen MR) is 112 cm³/mol. The third-order valence-electron chi connectivity index (χ3n) is 4.04. The van der Waals surface area contributed by atoms with Gasteiger partial charge in [0.15, 0.2) is 0 Å². The fourth-order valence-corrected chi connectivity index (χ4v) is 4.16. The molecule has 0 spiro atoms. The number of hydrogen-bond donors (Lipinski definition) is 1. The van der Waals surface area contributed by atoms with E-state index in [0.717, 1.165) is 6.26 Å². The van der Waals surface area contributed by atoms with E-state index in [1.54, 1.807) is 38.2 Å². The van der Waals surface area contributed by atoms with Gasteiger partial charge in [-0.25, -0.2) is 8.42 Å². The molecule has 1 unspecified atom stereocenters. The Morgan fingerprint density at radius 3 is 2.07 bits per heavy atom. The lowest BCUT2D eigenvalue weighted by Gasteiger charge is -2.24. The second-order valence-corrected chi connectivity index (χ2v) is 9.60. The summed E-state index contributed by atoms with van der Waals surface area (Å²) in [6.07, 6.45) is 1.13. The molecule has 2 rings (SSSR count). The van der Waals surface area contributed by atoms with E-state index in [1.165, 1.54) is 23.1 Å². The molecule has 2 aromatic carbocycles. The molecular formula is C19H20Cl2N2O4S. The maximum absolute atomic E-state index is 12.5. The molecule has 1 atom stereocenters. The molecule has 2 aromatic rings. The first kappa shape index (κ1) is 22.2. The number of rotatable bonds is 6. The summed E-state index contributed by atoms with van der Waals surface area (Å²) in [7, 11) is -1.64. The van der Waals surface area contributed by atoms with E-state index >= 15 is 0 Å². The standard InChI is InChI=1S/C19H20Cl2N2O4S/c1-12(11-28(3,26)27)23(2)19(25)13-4-6-17(7-5-13)22-18(24)14-8-15(20)10-16(21)9-14/h4-10,12H,11H2,1-3H3,(H,22,24). The number of amides is 2. The van der Waals surface area contributed by atoms with Crippen molar-refractivity contribution in [1.29, 1.82) is 0 Å². The minimum absolute atomic E-state index is 0.119. The van der Waals surface area contributed by atoms with Crippen molar-refractivity contribution < 1.29 is 18.0 Å². The predicted octanol–water partition coefficient (Wildman–Crippen LogP) is 3.75. The van der Waals surface area contributed by atoms with Gasteiger partial charge in [0.2, 0.25) is 0 Å².